The highest BCUT2D eigenvalue weighted by Crippen LogP contribution is 2.35. The molecule has 37 heavy (non-hydrogen) atoms. The predicted octanol–water partition coefficient (Wildman–Crippen LogP) is 7.34. The molecular formula is C32H38N4O. The standard InChI is InChI=1S/C32H38N4O/c1-24(36-23-30(27-13-6-3-7-14-27)29-16-9-19-34-31(29)36)10-8-15-28(26-11-4-2-5-12-26)32(37)35-22-25-17-20-33-21-18-25/h3,6-7,9,13-14,16-21,23-24,26,28H,2,4-5,8,10-12,15,22H2,1H3,(H,35,37). The lowest BCUT2D eigenvalue weighted by molar-refractivity contribution is -0.127. The summed E-state index contributed by atoms with van der Waals surface area (Å²) in [4.78, 5) is 22.2. The summed E-state index contributed by atoms with van der Waals surface area (Å²) in [6.45, 7) is 2.85. The zero-order chi connectivity index (χ0) is 25.5. The minimum absolute atomic E-state index is 0.0914. The van der Waals surface area contributed by atoms with Gasteiger partial charge in [-0.3, -0.25) is 9.78 Å². The molecule has 3 aromatic heterocycles. The Labute approximate surface area is 220 Å². The number of hydrogen-bond donors (Lipinski definition) is 1. The molecule has 1 N–H and O–H groups in total. The first-order valence-corrected chi connectivity index (χ1v) is 13.9. The van der Waals surface area contributed by atoms with Crippen LogP contribution >= 0.6 is 0 Å². The van der Waals surface area contributed by atoms with E-state index in [0.29, 0.717) is 18.5 Å². The van der Waals surface area contributed by atoms with Crippen molar-refractivity contribution in [3.63, 3.8) is 0 Å². The number of carbonyl (C=O) groups excluding carboxylic acids is 1. The van der Waals surface area contributed by atoms with Crippen molar-refractivity contribution in [3.8, 4) is 11.1 Å². The summed E-state index contributed by atoms with van der Waals surface area (Å²) in [5.74, 6) is 0.810. The zero-order valence-corrected chi connectivity index (χ0v) is 21.9. The van der Waals surface area contributed by atoms with Crippen molar-refractivity contribution in [2.75, 3.05) is 0 Å². The van der Waals surface area contributed by atoms with E-state index < -0.39 is 0 Å². The van der Waals surface area contributed by atoms with Gasteiger partial charge in [0.1, 0.15) is 5.65 Å². The van der Waals surface area contributed by atoms with E-state index >= 15 is 0 Å². The van der Waals surface area contributed by atoms with Gasteiger partial charge < -0.3 is 9.88 Å². The predicted molar refractivity (Wildman–Crippen MR) is 150 cm³/mol. The molecule has 0 bridgehead atoms. The lowest BCUT2D eigenvalue weighted by Crippen LogP contribution is -2.35. The smallest absolute Gasteiger partial charge is 0.223 e. The highest BCUT2D eigenvalue weighted by atomic mass is 16.1. The molecule has 1 aliphatic rings. The van der Waals surface area contributed by atoms with Crippen LogP contribution < -0.4 is 5.32 Å². The Morgan fingerprint density at radius 1 is 0.973 bits per heavy atom. The molecule has 192 valence electrons. The first kappa shape index (κ1) is 25.2. The number of hydrogen-bond acceptors (Lipinski definition) is 3. The molecule has 0 radical (unpaired) electrons. The second-order valence-corrected chi connectivity index (χ2v) is 10.5. The normalized spacial score (nSPS) is 15.9. The molecule has 5 heteroatoms. The lowest BCUT2D eigenvalue weighted by atomic mass is 9.77. The van der Waals surface area contributed by atoms with Crippen LogP contribution in [0.4, 0.5) is 0 Å². The van der Waals surface area contributed by atoms with E-state index in [1.165, 1.54) is 48.6 Å². The van der Waals surface area contributed by atoms with E-state index in [1.807, 2.05) is 24.4 Å². The van der Waals surface area contributed by atoms with Gasteiger partial charge in [0.25, 0.3) is 0 Å². The van der Waals surface area contributed by atoms with Crippen LogP contribution in [0.15, 0.2) is 79.4 Å². The van der Waals surface area contributed by atoms with Gasteiger partial charge in [-0.2, -0.15) is 0 Å². The van der Waals surface area contributed by atoms with Gasteiger partial charge in [-0.25, -0.2) is 4.98 Å². The molecule has 1 aromatic carbocycles. The van der Waals surface area contributed by atoms with Crippen molar-refractivity contribution in [2.24, 2.45) is 11.8 Å². The van der Waals surface area contributed by atoms with Crippen molar-refractivity contribution in [3.05, 3.63) is 84.9 Å². The van der Waals surface area contributed by atoms with Crippen LogP contribution in [-0.4, -0.2) is 20.4 Å². The zero-order valence-electron chi connectivity index (χ0n) is 21.9. The first-order valence-electron chi connectivity index (χ1n) is 13.9. The van der Waals surface area contributed by atoms with E-state index in [4.69, 9.17) is 4.98 Å². The molecule has 2 atom stereocenters. The molecule has 4 aromatic rings. The van der Waals surface area contributed by atoms with Crippen LogP contribution in [0.2, 0.25) is 0 Å². The SMILES string of the molecule is CC(CCCC(C(=O)NCc1ccncc1)C1CCCCC1)n1cc(-c2ccccc2)c2cccnc21. The molecular weight excluding hydrogens is 456 g/mol. The van der Waals surface area contributed by atoms with Gasteiger partial charge in [0.2, 0.25) is 5.91 Å². The average Bonchev–Trinajstić information content (AvgIpc) is 3.35. The van der Waals surface area contributed by atoms with Gasteiger partial charge in [-0.1, -0.05) is 56.0 Å². The molecule has 5 rings (SSSR count). The van der Waals surface area contributed by atoms with Crippen molar-refractivity contribution < 1.29 is 4.79 Å². The second kappa shape index (κ2) is 12.2. The summed E-state index contributed by atoms with van der Waals surface area (Å²) >= 11 is 0. The van der Waals surface area contributed by atoms with Crippen LogP contribution in [0.25, 0.3) is 22.2 Å². The van der Waals surface area contributed by atoms with Crippen LogP contribution in [0.3, 0.4) is 0 Å². The number of aromatic nitrogens is 3. The number of carbonyl (C=O) groups is 1. The Kier molecular flexibility index (Phi) is 8.29. The van der Waals surface area contributed by atoms with Crippen molar-refractivity contribution >= 4 is 16.9 Å². The van der Waals surface area contributed by atoms with Crippen molar-refractivity contribution in [1.82, 2.24) is 19.9 Å². The number of benzene rings is 1. The van der Waals surface area contributed by atoms with E-state index in [2.05, 4.69) is 64.4 Å². The second-order valence-electron chi connectivity index (χ2n) is 10.5. The highest BCUT2D eigenvalue weighted by molar-refractivity contribution is 5.94. The third-order valence-electron chi connectivity index (χ3n) is 8.06. The Bertz CT molecular complexity index is 1280. The molecule has 1 amide bonds. The Morgan fingerprint density at radius 2 is 1.76 bits per heavy atom. The lowest BCUT2D eigenvalue weighted by Gasteiger charge is -2.30. The fourth-order valence-corrected chi connectivity index (χ4v) is 5.98. The number of fused-ring (bicyclic) bond motifs is 1. The number of rotatable bonds is 10. The quantitative estimate of drug-likeness (QED) is 0.251. The minimum Gasteiger partial charge on any atom is -0.352 e. The molecule has 3 heterocycles. The number of nitrogens with zero attached hydrogens (tertiary/aromatic N) is 3. The maximum atomic E-state index is 13.4. The van der Waals surface area contributed by atoms with E-state index in [0.717, 1.165) is 30.5 Å². The van der Waals surface area contributed by atoms with Gasteiger partial charge in [0, 0.05) is 54.2 Å². The Hall–Kier alpha value is -3.47. The maximum Gasteiger partial charge on any atom is 0.223 e. The topological polar surface area (TPSA) is 59.8 Å². The number of nitrogens with one attached hydrogen (secondary N) is 1. The summed E-state index contributed by atoms with van der Waals surface area (Å²) in [6.07, 6.45) is 16.8. The van der Waals surface area contributed by atoms with E-state index in [9.17, 15) is 4.79 Å². The summed E-state index contributed by atoms with van der Waals surface area (Å²) in [6, 6.07) is 19.0. The molecule has 2 unspecified atom stereocenters. The fourth-order valence-electron chi connectivity index (χ4n) is 5.98. The third kappa shape index (κ3) is 6.10. The summed E-state index contributed by atoms with van der Waals surface area (Å²) in [5.41, 5.74) is 4.58. The average molecular weight is 495 g/mol. The summed E-state index contributed by atoms with van der Waals surface area (Å²) in [7, 11) is 0. The maximum absolute atomic E-state index is 13.4. The van der Waals surface area contributed by atoms with Crippen LogP contribution in [0.1, 0.15) is 69.9 Å². The molecule has 1 fully saturated rings. The number of amides is 1. The number of pyridine rings is 2. The first-order chi connectivity index (χ1) is 18.2. The summed E-state index contributed by atoms with van der Waals surface area (Å²) in [5, 5.41) is 4.42. The molecule has 0 aliphatic heterocycles. The Balaban J connectivity index is 1.26. The largest absolute Gasteiger partial charge is 0.352 e. The van der Waals surface area contributed by atoms with Crippen LogP contribution in [-0.2, 0) is 11.3 Å². The van der Waals surface area contributed by atoms with Gasteiger partial charge in [-0.05, 0) is 73.9 Å². The highest BCUT2D eigenvalue weighted by Gasteiger charge is 2.29. The molecule has 5 nitrogen and oxygen atoms in total. The fraction of sp³-hybridized carbons (Fsp3) is 0.406. The molecule has 1 saturated carbocycles. The molecule has 1 aliphatic carbocycles. The summed E-state index contributed by atoms with van der Waals surface area (Å²) < 4.78 is 2.33. The van der Waals surface area contributed by atoms with E-state index in [-0.39, 0.29) is 11.8 Å². The third-order valence-corrected chi connectivity index (χ3v) is 8.06. The van der Waals surface area contributed by atoms with Crippen molar-refractivity contribution in [1.29, 1.82) is 0 Å². The molecule has 0 spiro atoms. The van der Waals surface area contributed by atoms with Gasteiger partial charge in [0.15, 0.2) is 0 Å². The van der Waals surface area contributed by atoms with Crippen LogP contribution in [0, 0.1) is 11.8 Å². The van der Waals surface area contributed by atoms with E-state index in [1.54, 1.807) is 12.4 Å². The van der Waals surface area contributed by atoms with Crippen molar-refractivity contribution in [2.45, 2.75) is 70.9 Å². The Morgan fingerprint density at radius 3 is 2.54 bits per heavy atom. The monoisotopic (exact) mass is 494 g/mol. The minimum atomic E-state index is 0.0914. The molecule has 0 saturated heterocycles. The van der Waals surface area contributed by atoms with Crippen LogP contribution in [0.5, 0.6) is 0 Å². The van der Waals surface area contributed by atoms with Gasteiger partial charge in [-0.15, -0.1) is 0 Å². The van der Waals surface area contributed by atoms with Gasteiger partial charge >= 0.3 is 0 Å². The van der Waals surface area contributed by atoms with Gasteiger partial charge in [0.05, 0.1) is 0 Å².